The predicted molar refractivity (Wildman–Crippen MR) is 49.2 cm³/mol. The van der Waals surface area contributed by atoms with Crippen LogP contribution >= 0.6 is 0 Å². The van der Waals surface area contributed by atoms with Crippen LogP contribution in [-0.2, 0) is 0 Å². The number of H-pyrrole nitrogens is 1. The number of pyridine rings is 1. The van der Waals surface area contributed by atoms with Crippen molar-refractivity contribution in [3.05, 3.63) is 28.7 Å². The Morgan fingerprint density at radius 2 is 2.42 bits per heavy atom. The summed E-state index contributed by atoms with van der Waals surface area (Å²) in [5, 5.41) is 3.12. The van der Waals surface area contributed by atoms with Gasteiger partial charge in [0.2, 0.25) is 5.56 Å². The first kappa shape index (κ1) is 8.80. The Balaban J connectivity index is 2.64. The SMILES string of the molecule is CC(CN)Nc1ccc(=O)[nH]c1. The maximum Gasteiger partial charge on any atom is 0.248 e. The summed E-state index contributed by atoms with van der Waals surface area (Å²) in [5.41, 5.74) is 6.20. The van der Waals surface area contributed by atoms with Crippen molar-refractivity contribution in [3.63, 3.8) is 0 Å². The molecule has 0 aromatic carbocycles. The molecule has 0 saturated heterocycles. The van der Waals surface area contributed by atoms with E-state index in [1.807, 2.05) is 6.92 Å². The average Bonchev–Trinajstić information content (AvgIpc) is 2.09. The summed E-state index contributed by atoms with van der Waals surface area (Å²) in [7, 11) is 0. The summed E-state index contributed by atoms with van der Waals surface area (Å²) < 4.78 is 0. The van der Waals surface area contributed by atoms with E-state index in [2.05, 4.69) is 10.3 Å². The van der Waals surface area contributed by atoms with E-state index in [0.29, 0.717) is 6.54 Å². The summed E-state index contributed by atoms with van der Waals surface area (Å²) in [6, 6.07) is 3.42. The summed E-state index contributed by atoms with van der Waals surface area (Å²) >= 11 is 0. The molecule has 0 bridgehead atoms. The average molecular weight is 167 g/mol. The van der Waals surface area contributed by atoms with Gasteiger partial charge in [0.15, 0.2) is 0 Å². The molecule has 0 saturated carbocycles. The normalized spacial score (nSPS) is 12.5. The molecule has 1 unspecified atom stereocenters. The maximum absolute atomic E-state index is 10.7. The van der Waals surface area contributed by atoms with Crippen LogP contribution in [0.15, 0.2) is 23.1 Å². The topological polar surface area (TPSA) is 70.9 Å². The molecular weight excluding hydrogens is 154 g/mol. The van der Waals surface area contributed by atoms with E-state index in [4.69, 9.17) is 5.73 Å². The van der Waals surface area contributed by atoms with Crippen LogP contribution in [0, 0.1) is 0 Å². The number of aromatic amines is 1. The largest absolute Gasteiger partial charge is 0.380 e. The van der Waals surface area contributed by atoms with E-state index < -0.39 is 0 Å². The number of aromatic nitrogens is 1. The highest BCUT2D eigenvalue weighted by Gasteiger charge is 1.97. The molecule has 0 aliphatic heterocycles. The van der Waals surface area contributed by atoms with Crippen molar-refractivity contribution in [3.8, 4) is 0 Å². The summed E-state index contributed by atoms with van der Waals surface area (Å²) in [5.74, 6) is 0. The summed E-state index contributed by atoms with van der Waals surface area (Å²) in [6.07, 6.45) is 1.63. The van der Waals surface area contributed by atoms with Crippen molar-refractivity contribution in [2.45, 2.75) is 13.0 Å². The molecule has 0 amide bonds. The number of nitrogens with one attached hydrogen (secondary N) is 2. The lowest BCUT2D eigenvalue weighted by atomic mass is 10.3. The minimum atomic E-state index is -0.0963. The van der Waals surface area contributed by atoms with Gasteiger partial charge in [-0.2, -0.15) is 0 Å². The third kappa shape index (κ3) is 2.39. The van der Waals surface area contributed by atoms with Crippen LogP contribution in [0.5, 0.6) is 0 Å². The highest BCUT2D eigenvalue weighted by molar-refractivity contribution is 5.40. The Hall–Kier alpha value is -1.29. The number of anilines is 1. The van der Waals surface area contributed by atoms with Gasteiger partial charge in [0.05, 0.1) is 5.69 Å². The van der Waals surface area contributed by atoms with Crippen LogP contribution in [0.4, 0.5) is 5.69 Å². The molecule has 4 heteroatoms. The minimum absolute atomic E-state index is 0.0963. The highest BCUT2D eigenvalue weighted by atomic mass is 16.1. The molecule has 12 heavy (non-hydrogen) atoms. The Kier molecular flexibility index (Phi) is 2.88. The fourth-order valence-electron chi connectivity index (χ4n) is 0.844. The van der Waals surface area contributed by atoms with Crippen LogP contribution in [0.25, 0.3) is 0 Å². The third-order valence-electron chi connectivity index (χ3n) is 1.55. The van der Waals surface area contributed by atoms with Crippen molar-refractivity contribution in [2.75, 3.05) is 11.9 Å². The summed E-state index contributed by atoms with van der Waals surface area (Å²) in [6.45, 7) is 2.55. The Morgan fingerprint density at radius 3 is 2.92 bits per heavy atom. The van der Waals surface area contributed by atoms with Crippen molar-refractivity contribution < 1.29 is 0 Å². The molecule has 1 rings (SSSR count). The zero-order valence-corrected chi connectivity index (χ0v) is 7.00. The van der Waals surface area contributed by atoms with Crippen molar-refractivity contribution in [1.29, 1.82) is 0 Å². The van der Waals surface area contributed by atoms with Gasteiger partial charge in [-0.3, -0.25) is 4.79 Å². The second-order valence-electron chi connectivity index (χ2n) is 2.72. The van der Waals surface area contributed by atoms with Crippen LogP contribution in [0.3, 0.4) is 0 Å². The minimum Gasteiger partial charge on any atom is -0.380 e. The molecule has 0 aliphatic rings. The van der Waals surface area contributed by atoms with Gasteiger partial charge in [0.25, 0.3) is 0 Å². The lowest BCUT2D eigenvalue weighted by Gasteiger charge is -2.11. The van der Waals surface area contributed by atoms with Gasteiger partial charge in [0, 0.05) is 24.8 Å². The first-order chi connectivity index (χ1) is 5.72. The lowest BCUT2D eigenvalue weighted by Crippen LogP contribution is -2.25. The molecule has 0 aliphatic carbocycles. The Bertz CT molecular complexity index is 274. The molecule has 0 spiro atoms. The predicted octanol–water partition coefficient (Wildman–Crippen LogP) is 0.134. The fourth-order valence-corrected chi connectivity index (χ4v) is 0.844. The van der Waals surface area contributed by atoms with Gasteiger partial charge < -0.3 is 16.0 Å². The number of hydrogen-bond donors (Lipinski definition) is 3. The van der Waals surface area contributed by atoms with E-state index in [1.54, 1.807) is 12.3 Å². The molecule has 4 nitrogen and oxygen atoms in total. The first-order valence-corrected chi connectivity index (χ1v) is 3.87. The van der Waals surface area contributed by atoms with E-state index in [0.717, 1.165) is 5.69 Å². The van der Waals surface area contributed by atoms with Gasteiger partial charge in [-0.25, -0.2) is 0 Å². The zero-order chi connectivity index (χ0) is 8.97. The standard InChI is InChI=1S/C8H13N3O/c1-6(4-9)11-7-2-3-8(12)10-5-7/h2-3,5-6,11H,4,9H2,1H3,(H,10,12). The molecule has 1 atom stereocenters. The van der Waals surface area contributed by atoms with Crippen LogP contribution in [0.2, 0.25) is 0 Å². The number of rotatable bonds is 3. The zero-order valence-electron chi connectivity index (χ0n) is 7.00. The second kappa shape index (κ2) is 3.92. The van der Waals surface area contributed by atoms with Gasteiger partial charge in [-0.15, -0.1) is 0 Å². The number of hydrogen-bond acceptors (Lipinski definition) is 3. The van der Waals surface area contributed by atoms with Gasteiger partial charge in [-0.05, 0) is 13.0 Å². The van der Waals surface area contributed by atoms with Crippen LogP contribution in [-0.4, -0.2) is 17.6 Å². The Labute approximate surface area is 70.8 Å². The summed E-state index contributed by atoms with van der Waals surface area (Å²) in [4.78, 5) is 13.2. The molecule has 0 radical (unpaired) electrons. The van der Waals surface area contributed by atoms with Crippen molar-refractivity contribution >= 4 is 5.69 Å². The van der Waals surface area contributed by atoms with Crippen molar-refractivity contribution in [1.82, 2.24) is 4.98 Å². The van der Waals surface area contributed by atoms with Crippen LogP contribution < -0.4 is 16.6 Å². The van der Waals surface area contributed by atoms with E-state index >= 15 is 0 Å². The quantitative estimate of drug-likeness (QED) is 0.599. The van der Waals surface area contributed by atoms with Crippen LogP contribution in [0.1, 0.15) is 6.92 Å². The molecular formula is C8H13N3O. The molecule has 4 N–H and O–H groups in total. The second-order valence-corrected chi connectivity index (χ2v) is 2.72. The first-order valence-electron chi connectivity index (χ1n) is 3.87. The monoisotopic (exact) mass is 167 g/mol. The van der Waals surface area contributed by atoms with Gasteiger partial charge >= 0.3 is 0 Å². The van der Waals surface area contributed by atoms with Gasteiger partial charge in [0.1, 0.15) is 0 Å². The van der Waals surface area contributed by atoms with E-state index in [9.17, 15) is 4.79 Å². The fraction of sp³-hybridized carbons (Fsp3) is 0.375. The van der Waals surface area contributed by atoms with E-state index in [1.165, 1.54) is 6.07 Å². The molecule has 1 aromatic heterocycles. The lowest BCUT2D eigenvalue weighted by molar-refractivity contribution is 0.803. The number of nitrogens with two attached hydrogens (primary N) is 1. The molecule has 1 aromatic rings. The highest BCUT2D eigenvalue weighted by Crippen LogP contribution is 2.01. The van der Waals surface area contributed by atoms with Crippen molar-refractivity contribution in [2.24, 2.45) is 5.73 Å². The van der Waals surface area contributed by atoms with Gasteiger partial charge in [-0.1, -0.05) is 0 Å². The van der Waals surface area contributed by atoms with E-state index in [-0.39, 0.29) is 11.6 Å². The maximum atomic E-state index is 10.7. The molecule has 0 fully saturated rings. The Morgan fingerprint density at radius 1 is 1.67 bits per heavy atom. The molecule has 1 heterocycles. The smallest absolute Gasteiger partial charge is 0.248 e. The third-order valence-corrected chi connectivity index (χ3v) is 1.55. The molecule has 66 valence electrons.